The fraction of sp³-hybridized carbons (Fsp3) is 0.263. The summed E-state index contributed by atoms with van der Waals surface area (Å²) in [4.78, 5) is 28.6. The van der Waals surface area contributed by atoms with Crippen LogP contribution in [0.1, 0.15) is 13.8 Å². The monoisotopic (exact) mass is 406 g/mol. The van der Waals surface area contributed by atoms with Gasteiger partial charge in [-0.3, -0.25) is 4.90 Å². The van der Waals surface area contributed by atoms with Gasteiger partial charge in [0.2, 0.25) is 0 Å². The van der Waals surface area contributed by atoms with Gasteiger partial charge in [-0.15, -0.1) is 0 Å². The Bertz CT molecular complexity index is 873. The second kappa shape index (κ2) is 7.29. The van der Waals surface area contributed by atoms with E-state index in [4.69, 9.17) is 23.2 Å². The van der Waals surface area contributed by atoms with E-state index in [1.54, 1.807) is 35.0 Å². The van der Waals surface area contributed by atoms with Crippen molar-refractivity contribution >= 4 is 46.6 Å². The molecule has 1 saturated heterocycles. The van der Waals surface area contributed by atoms with Crippen LogP contribution in [-0.2, 0) is 0 Å². The molecule has 0 unspecified atom stereocenters. The van der Waals surface area contributed by atoms with E-state index in [9.17, 15) is 9.59 Å². The molecule has 4 amide bonds. The van der Waals surface area contributed by atoms with Gasteiger partial charge in [0.1, 0.15) is 6.17 Å². The standard InChI is InChI=1S/C19H20Cl2N4O2/c1-19(2)16(23-17(26)22-12-9-10-14(20)15(21)11-12)25(18(27)24(19)3)13-7-5-4-6-8-13/h4-11,16H,1-3H3,(H2,22,23,26)/t16-/m1/s1. The van der Waals surface area contributed by atoms with Crippen molar-refractivity contribution in [2.75, 3.05) is 17.3 Å². The number of anilines is 2. The van der Waals surface area contributed by atoms with E-state index in [1.807, 2.05) is 44.2 Å². The minimum absolute atomic E-state index is 0.189. The Hall–Kier alpha value is -2.44. The molecule has 142 valence electrons. The van der Waals surface area contributed by atoms with Crippen molar-refractivity contribution in [3.63, 3.8) is 0 Å². The van der Waals surface area contributed by atoms with Crippen LogP contribution in [0.3, 0.4) is 0 Å². The molecular weight excluding hydrogens is 387 g/mol. The van der Waals surface area contributed by atoms with Gasteiger partial charge in [0.15, 0.2) is 0 Å². The number of urea groups is 2. The van der Waals surface area contributed by atoms with Gasteiger partial charge < -0.3 is 15.5 Å². The largest absolute Gasteiger partial charge is 0.326 e. The Kier molecular flexibility index (Phi) is 5.22. The first-order chi connectivity index (χ1) is 12.7. The second-order valence-electron chi connectivity index (χ2n) is 6.83. The molecule has 1 heterocycles. The highest BCUT2D eigenvalue weighted by molar-refractivity contribution is 6.42. The minimum Gasteiger partial charge on any atom is -0.318 e. The molecule has 6 nitrogen and oxygen atoms in total. The molecule has 27 heavy (non-hydrogen) atoms. The molecule has 8 heteroatoms. The summed E-state index contributed by atoms with van der Waals surface area (Å²) >= 11 is 11.9. The summed E-state index contributed by atoms with van der Waals surface area (Å²) in [6.45, 7) is 3.80. The van der Waals surface area contributed by atoms with Gasteiger partial charge in [-0.2, -0.15) is 0 Å². The zero-order chi connectivity index (χ0) is 19.8. The maximum atomic E-state index is 12.8. The summed E-state index contributed by atoms with van der Waals surface area (Å²) in [6.07, 6.45) is -0.569. The van der Waals surface area contributed by atoms with Crippen molar-refractivity contribution < 1.29 is 9.59 Å². The molecule has 0 bridgehead atoms. The van der Waals surface area contributed by atoms with Crippen LogP contribution in [0.25, 0.3) is 0 Å². The molecule has 2 aromatic rings. The fourth-order valence-corrected chi connectivity index (χ4v) is 3.27. The Labute approximate surface area is 168 Å². The third kappa shape index (κ3) is 3.68. The molecular formula is C19H20Cl2N4O2. The number of para-hydroxylation sites is 1. The summed E-state index contributed by atoms with van der Waals surface area (Å²) < 4.78 is 0. The van der Waals surface area contributed by atoms with Crippen LogP contribution >= 0.6 is 23.2 Å². The Morgan fingerprint density at radius 1 is 1.07 bits per heavy atom. The van der Waals surface area contributed by atoms with Crippen molar-refractivity contribution in [3.8, 4) is 0 Å². The number of nitrogens with zero attached hydrogens (tertiary/aromatic N) is 2. The molecule has 0 radical (unpaired) electrons. The zero-order valence-electron chi connectivity index (χ0n) is 15.2. The van der Waals surface area contributed by atoms with Crippen LogP contribution in [0.4, 0.5) is 21.0 Å². The smallest absolute Gasteiger partial charge is 0.318 e. The molecule has 0 saturated carbocycles. The zero-order valence-corrected chi connectivity index (χ0v) is 16.7. The number of halogens is 2. The number of benzene rings is 2. The molecule has 1 aliphatic rings. The van der Waals surface area contributed by atoms with Crippen LogP contribution < -0.4 is 15.5 Å². The maximum Gasteiger partial charge on any atom is 0.326 e. The van der Waals surface area contributed by atoms with E-state index in [0.29, 0.717) is 21.4 Å². The second-order valence-corrected chi connectivity index (χ2v) is 7.65. The van der Waals surface area contributed by atoms with Crippen LogP contribution in [-0.4, -0.2) is 35.7 Å². The topological polar surface area (TPSA) is 64.7 Å². The van der Waals surface area contributed by atoms with E-state index in [2.05, 4.69) is 10.6 Å². The van der Waals surface area contributed by atoms with Crippen molar-refractivity contribution in [1.29, 1.82) is 0 Å². The first kappa shape index (κ1) is 19.3. The number of hydrogen-bond acceptors (Lipinski definition) is 2. The first-order valence-electron chi connectivity index (χ1n) is 8.36. The highest BCUT2D eigenvalue weighted by atomic mass is 35.5. The van der Waals surface area contributed by atoms with E-state index in [0.717, 1.165) is 0 Å². The van der Waals surface area contributed by atoms with Gasteiger partial charge in [0, 0.05) is 18.4 Å². The normalized spacial score (nSPS) is 18.6. The number of likely N-dealkylation sites (N-methyl/N-ethyl adjacent to an activating group) is 1. The van der Waals surface area contributed by atoms with E-state index >= 15 is 0 Å². The third-order valence-corrected chi connectivity index (χ3v) is 5.50. The van der Waals surface area contributed by atoms with Crippen molar-refractivity contribution in [3.05, 3.63) is 58.6 Å². The fourth-order valence-electron chi connectivity index (χ4n) is 2.97. The number of amides is 4. The quantitative estimate of drug-likeness (QED) is 0.768. The van der Waals surface area contributed by atoms with Crippen LogP contribution in [0.5, 0.6) is 0 Å². The molecule has 3 rings (SSSR count). The highest BCUT2D eigenvalue weighted by Gasteiger charge is 2.51. The van der Waals surface area contributed by atoms with E-state index in [1.165, 1.54) is 0 Å². The maximum absolute atomic E-state index is 12.8. The first-order valence-corrected chi connectivity index (χ1v) is 9.12. The number of carbonyl (C=O) groups is 2. The summed E-state index contributed by atoms with van der Waals surface area (Å²) in [6, 6.07) is 13.4. The van der Waals surface area contributed by atoms with E-state index in [-0.39, 0.29) is 6.03 Å². The van der Waals surface area contributed by atoms with Gasteiger partial charge in [0.05, 0.1) is 15.6 Å². The predicted molar refractivity (Wildman–Crippen MR) is 109 cm³/mol. The number of rotatable bonds is 3. The van der Waals surface area contributed by atoms with Gasteiger partial charge in [-0.05, 0) is 44.2 Å². The van der Waals surface area contributed by atoms with E-state index < -0.39 is 17.7 Å². The third-order valence-electron chi connectivity index (χ3n) is 4.76. The number of hydrogen-bond donors (Lipinski definition) is 2. The lowest BCUT2D eigenvalue weighted by molar-refractivity contribution is 0.180. The lowest BCUT2D eigenvalue weighted by Gasteiger charge is -2.33. The Morgan fingerprint density at radius 3 is 2.37 bits per heavy atom. The Balaban J connectivity index is 1.84. The molecule has 0 aromatic heterocycles. The Morgan fingerprint density at radius 2 is 1.74 bits per heavy atom. The molecule has 0 aliphatic carbocycles. The highest BCUT2D eigenvalue weighted by Crippen LogP contribution is 2.34. The molecule has 1 aliphatic heterocycles. The molecule has 2 N–H and O–H groups in total. The summed E-state index contributed by atoms with van der Waals surface area (Å²) in [5.41, 5.74) is 0.588. The lowest BCUT2D eigenvalue weighted by Crippen LogP contribution is -2.56. The van der Waals surface area contributed by atoms with Crippen LogP contribution in [0.15, 0.2) is 48.5 Å². The molecule has 1 fully saturated rings. The van der Waals surface area contributed by atoms with Crippen molar-refractivity contribution in [2.45, 2.75) is 25.6 Å². The van der Waals surface area contributed by atoms with Crippen LogP contribution in [0.2, 0.25) is 10.0 Å². The summed E-state index contributed by atoms with van der Waals surface area (Å²) in [5, 5.41) is 6.37. The number of nitrogens with one attached hydrogen (secondary N) is 2. The van der Waals surface area contributed by atoms with Gasteiger partial charge >= 0.3 is 12.1 Å². The number of carbonyl (C=O) groups excluding carboxylic acids is 2. The summed E-state index contributed by atoms with van der Waals surface area (Å²) in [7, 11) is 1.72. The van der Waals surface area contributed by atoms with Gasteiger partial charge in [0.25, 0.3) is 0 Å². The summed E-state index contributed by atoms with van der Waals surface area (Å²) in [5.74, 6) is 0. The van der Waals surface area contributed by atoms with Crippen molar-refractivity contribution in [2.24, 2.45) is 0 Å². The average Bonchev–Trinajstić information content (AvgIpc) is 2.79. The minimum atomic E-state index is -0.623. The molecule has 1 atom stereocenters. The van der Waals surface area contributed by atoms with Crippen molar-refractivity contribution in [1.82, 2.24) is 10.2 Å². The SMILES string of the molecule is CN1C(=O)N(c2ccccc2)[C@@H](NC(=O)Nc2ccc(Cl)c(Cl)c2)C1(C)C. The van der Waals surface area contributed by atoms with Gasteiger partial charge in [-0.1, -0.05) is 41.4 Å². The molecule has 0 spiro atoms. The lowest BCUT2D eigenvalue weighted by atomic mass is 10.0. The van der Waals surface area contributed by atoms with Crippen LogP contribution in [0, 0.1) is 0 Å². The predicted octanol–water partition coefficient (Wildman–Crippen LogP) is 4.79. The molecule has 2 aromatic carbocycles. The average molecular weight is 407 g/mol. The van der Waals surface area contributed by atoms with Gasteiger partial charge in [-0.25, -0.2) is 9.59 Å².